The van der Waals surface area contributed by atoms with Crippen LogP contribution in [-0.4, -0.2) is 36.0 Å². The minimum atomic E-state index is -3.82. The van der Waals surface area contributed by atoms with Crippen molar-refractivity contribution in [3.8, 4) is 0 Å². The predicted molar refractivity (Wildman–Crippen MR) is 125 cm³/mol. The Bertz CT molecular complexity index is 1200. The second-order valence-corrected chi connectivity index (χ2v) is 13.2. The lowest BCUT2D eigenvalue weighted by molar-refractivity contribution is 0.334. The molecule has 1 aromatic carbocycles. The molecule has 2 aliphatic heterocycles. The first kappa shape index (κ1) is 22.3. The van der Waals surface area contributed by atoms with E-state index in [4.69, 9.17) is 0 Å². The van der Waals surface area contributed by atoms with Crippen LogP contribution in [0.5, 0.6) is 0 Å². The molecule has 5 rings (SSSR count). The quantitative estimate of drug-likeness (QED) is 0.695. The molecule has 0 unspecified atom stereocenters. The van der Waals surface area contributed by atoms with Gasteiger partial charge in [-0.05, 0) is 81.3 Å². The maximum absolute atomic E-state index is 13.7. The summed E-state index contributed by atoms with van der Waals surface area (Å²) in [5, 5.41) is 3.24. The average Bonchev–Trinajstić information content (AvgIpc) is 2.79. The standard InChI is InChI=1S/C24H32N2O4S2/c1-17-15-20-23(16-22(17)32(29,30)26-18-9-13-25-14-10-18)31(27,28)21-8-4-3-7-19(21)24(20)11-5-2-6-12-24/h7-8,15-16,18,25-26H,2-6,9-14H2,1H3. The Morgan fingerprint density at radius 1 is 1.03 bits per heavy atom. The van der Waals surface area contributed by atoms with E-state index >= 15 is 0 Å². The first-order valence-corrected chi connectivity index (χ1v) is 14.8. The van der Waals surface area contributed by atoms with Crippen LogP contribution in [0.3, 0.4) is 0 Å². The van der Waals surface area contributed by atoms with Crippen LogP contribution in [-0.2, 0) is 25.3 Å². The number of sulfone groups is 1. The molecular weight excluding hydrogens is 444 g/mol. The molecule has 2 aliphatic carbocycles. The highest BCUT2D eigenvalue weighted by atomic mass is 32.2. The van der Waals surface area contributed by atoms with Gasteiger partial charge in [-0.1, -0.05) is 37.5 Å². The van der Waals surface area contributed by atoms with Crippen LogP contribution < -0.4 is 10.0 Å². The minimum Gasteiger partial charge on any atom is -0.317 e. The Morgan fingerprint density at radius 2 is 1.72 bits per heavy atom. The SMILES string of the molecule is Cc1cc2c(cc1S(=O)(=O)NC1CCNCC1)S(=O)(=O)C1=CCCC=C1C21CCCCC1. The van der Waals surface area contributed by atoms with Gasteiger partial charge in [-0.25, -0.2) is 21.6 Å². The third-order valence-corrected chi connectivity index (χ3v) is 11.2. The molecule has 0 radical (unpaired) electrons. The topological polar surface area (TPSA) is 92.3 Å². The fraction of sp³-hybridized carbons (Fsp3) is 0.583. The first-order valence-electron chi connectivity index (χ1n) is 11.8. The van der Waals surface area contributed by atoms with Crippen molar-refractivity contribution in [2.24, 2.45) is 0 Å². The van der Waals surface area contributed by atoms with E-state index in [0.717, 1.165) is 75.6 Å². The highest BCUT2D eigenvalue weighted by molar-refractivity contribution is 7.95. The summed E-state index contributed by atoms with van der Waals surface area (Å²) in [6.07, 6.45) is 12.1. The van der Waals surface area contributed by atoms with Gasteiger partial charge in [-0.2, -0.15) is 0 Å². The summed E-state index contributed by atoms with van der Waals surface area (Å²) in [4.78, 5) is 0.700. The number of piperidine rings is 1. The van der Waals surface area contributed by atoms with E-state index < -0.39 is 19.9 Å². The molecule has 174 valence electrons. The molecule has 1 saturated heterocycles. The molecule has 1 spiro atoms. The van der Waals surface area contributed by atoms with Crippen LogP contribution in [0.4, 0.5) is 0 Å². The summed E-state index contributed by atoms with van der Waals surface area (Å²) in [6.45, 7) is 3.34. The van der Waals surface area contributed by atoms with Crippen LogP contribution in [0.1, 0.15) is 68.9 Å². The third kappa shape index (κ3) is 3.50. The second-order valence-electron chi connectivity index (χ2n) is 9.67. The molecule has 2 heterocycles. The van der Waals surface area contributed by atoms with Crippen molar-refractivity contribution in [1.29, 1.82) is 0 Å². The number of rotatable bonds is 3. The zero-order chi connectivity index (χ0) is 22.6. The number of sulfonamides is 1. The van der Waals surface area contributed by atoms with Crippen LogP contribution in [0.2, 0.25) is 0 Å². The van der Waals surface area contributed by atoms with E-state index in [2.05, 4.69) is 16.1 Å². The van der Waals surface area contributed by atoms with Crippen molar-refractivity contribution in [1.82, 2.24) is 10.0 Å². The molecule has 8 heteroatoms. The average molecular weight is 477 g/mol. The fourth-order valence-corrected chi connectivity index (χ4v) is 9.66. The molecule has 0 aromatic heterocycles. The van der Waals surface area contributed by atoms with Gasteiger partial charge >= 0.3 is 0 Å². The van der Waals surface area contributed by atoms with Gasteiger partial charge in [0.05, 0.1) is 14.7 Å². The second kappa shape index (κ2) is 8.08. The lowest BCUT2D eigenvalue weighted by Gasteiger charge is -2.46. The number of benzene rings is 1. The van der Waals surface area contributed by atoms with Crippen molar-refractivity contribution in [2.75, 3.05) is 13.1 Å². The van der Waals surface area contributed by atoms with Gasteiger partial charge in [0.25, 0.3) is 0 Å². The lowest BCUT2D eigenvalue weighted by atomic mass is 9.63. The molecule has 2 fully saturated rings. The van der Waals surface area contributed by atoms with Gasteiger partial charge in [-0.3, -0.25) is 0 Å². The maximum Gasteiger partial charge on any atom is 0.241 e. The van der Waals surface area contributed by atoms with Crippen LogP contribution in [0, 0.1) is 6.92 Å². The smallest absolute Gasteiger partial charge is 0.241 e. The summed E-state index contributed by atoms with van der Waals surface area (Å²) < 4.78 is 56.9. The highest BCUT2D eigenvalue weighted by Gasteiger charge is 2.49. The van der Waals surface area contributed by atoms with Gasteiger partial charge in [-0.15, -0.1) is 0 Å². The van der Waals surface area contributed by atoms with Crippen molar-refractivity contribution in [3.63, 3.8) is 0 Å². The monoisotopic (exact) mass is 476 g/mol. The molecule has 0 amide bonds. The molecule has 6 nitrogen and oxygen atoms in total. The van der Waals surface area contributed by atoms with Crippen molar-refractivity contribution in [2.45, 2.75) is 86.0 Å². The number of hydrogen-bond acceptors (Lipinski definition) is 5. The van der Waals surface area contributed by atoms with Crippen LogP contribution in [0.15, 0.2) is 44.6 Å². The summed E-state index contributed by atoms with van der Waals surface area (Å²) in [6, 6.07) is 3.18. The zero-order valence-corrected chi connectivity index (χ0v) is 20.2. The molecule has 1 aromatic rings. The Balaban J connectivity index is 1.67. The van der Waals surface area contributed by atoms with E-state index in [1.54, 1.807) is 6.92 Å². The first-order chi connectivity index (χ1) is 15.3. The number of allylic oxidation sites excluding steroid dienone is 3. The van der Waals surface area contributed by atoms with Gasteiger partial charge in [0, 0.05) is 11.5 Å². The minimum absolute atomic E-state index is 0.0909. The van der Waals surface area contributed by atoms with Crippen molar-refractivity contribution >= 4 is 19.9 Å². The van der Waals surface area contributed by atoms with Gasteiger partial charge in [0.2, 0.25) is 19.9 Å². The summed E-state index contributed by atoms with van der Waals surface area (Å²) in [5.74, 6) is 0. The summed E-state index contributed by atoms with van der Waals surface area (Å²) in [7, 11) is -7.58. The Labute approximate surface area is 191 Å². The number of fused-ring (bicyclic) bond motifs is 4. The van der Waals surface area contributed by atoms with Gasteiger partial charge < -0.3 is 5.32 Å². The van der Waals surface area contributed by atoms with Crippen LogP contribution in [0.25, 0.3) is 0 Å². The molecule has 0 bridgehead atoms. The van der Waals surface area contributed by atoms with E-state index in [9.17, 15) is 16.8 Å². The Hall–Kier alpha value is -1.48. The molecule has 1 saturated carbocycles. The predicted octanol–water partition coefficient (Wildman–Crippen LogP) is 3.62. The highest BCUT2D eigenvalue weighted by Crippen LogP contribution is 2.56. The van der Waals surface area contributed by atoms with Crippen molar-refractivity contribution < 1.29 is 16.8 Å². The van der Waals surface area contributed by atoms with Gasteiger partial charge in [0.1, 0.15) is 0 Å². The maximum atomic E-state index is 13.7. The van der Waals surface area contributed by atoms with Crippen molar-refractivity contribution in [3.05, 3.63) is 45.9 Å². The normalized spacial score (nSPS) is 24.9. The van der Waals surface area contributed by atoms with Gasteiger partial charge in [0.15, 0.2) is 0 Å². The van der Waals surface area contributed by atoms with E-state index in [1.165, 1.54) is 6.07 Å². The van der Waals surface area contributed by atoms with E-state index in [-0.39, 0.29) is 21.2 Å². The number of hydrogen-bond donors (Lipinski definition) is 2. The largest absolute Gasteiger partial charge is 0.317 e. The molecule has 2 N–H and O–H groups in total. The van der Waals surface area contributed by atoms with E-state index in [0.29, 0.717) is 16.9 Å². The zero-order valence-electron chi connectivity index (χ0n) is 18.6. The summed E-state index contributed by atoms with van der Waals surface area (Å²) >= 11 is 0. The third-order valence-electron chi connectivity index (χ3n) is 7.66. The molecule has 0 atom stereocenters. The molecular formula is C24H32N2O4S2. The molecule has 32 heavy (non-hydrogen) atoms. The molecule has 4 aliphatic rings. The fourth-order valence-electron chi connectivity index (χ4n) is 6.07. The Morgan fingerprint density at radius 3 is 2.44 bits per heavy atom. The number of aryl methyl sites for hydroxylation is 1. The number of nitrogens with one attached hydrogen (secondary N) is 2. The Kier molecular flexibility index (Phi) is 5.63. The lowest BCUT2D eigenvalue weighted by Crippen LogP contribution is -2.43. The van der Waals surface area contributed by atoms with Crippen LogP contribution >= 0.6 is 0 Å². The summed E-state index contributed by atoms with van der Waals surface area (Å²) in [5.41, 5.74) is 2.06. The van der Waals surface area contributed by atoms with E-state index in [1.807, 2.05) is 12.1 Å².